The molecule has 2 rings (SSSR count). The first-order valence-corrected chi connectivity index (χ1v) is 7.77. The van der Waals surface area contributed by atoms with Crippen molar-refractivity contribution in [2.45, 2.75) is 25.1 Å². The van der Waals surface area contributed by atoms with E-state index < -0.39 is 10.0 Å². The van der Waals surface area contributed by atoms with E-state index in [1.165, 1.54) is 6.07 Å². The molecule has 0 fully saturated rings. The summed E-state index contributed by atoms with van der Waals surface area (Å²) in [6.45, 7) is 3.40. The molecule has 0 amide bonds. The molecule has 0 bridgehead atoms. The van der Waals surface area contributed by atoms with E-state index in [4.69, 9.17) is 4.42 Å². The molecule has 0 radical (unpaired) electrons. The topological polar surface area (TPSA) is 89.2 Å². The van der Waals surface area contributed by atoms with E-state index in [2.05, 4.69) is 15.1 Å². The molecule has 20 heavy (non-hydrogen) atoms. The highest BCUT2D eigenvalue weighted by atomic mass is 32.2. The van der Waals surface area contributed by atoms with Gasteiger partial charge in [0.15, 0.2) is 0 Å². The summed E-state index contributed by atoms with van der Waals surface area (Å²) < 4.78 is 33.5. The third-order valence-electron chi connectivity index (χ3n) is 2.66. The van der Waals surface area contributed by atoms with Gasteiger partial charge < -0.3 is 9.73 Å². The fraction of sp³-hybridized carbons (Fsp3) is 0.417. The van der Waals surface area contributed by atoms with E-state index >= 15 is 0 Å². The monoisotopic (exact) mass is 298 g/mol. The molecule has 0 atom stereocenters. The van der Waals surface area contributed by atoms with Gasteiger partial charge in [0, 0.05) is 13.2 Å². The van der Waals surface area contributed by atoms with Crippen LogP contribution in [0.4, 0.5) is 0 Å². The van der Waals surface area contributed by atoms with Crippen LogP contribution in [0.3, 0.4) is 0 Å². The van der Waals surface area contributed by atoms with Gasteiger partial charge in [0.1, 0.15) is 5.76 Å². The van der Waals surface area contributed by atoms with Crippen LogP contribution in [0.1, 0.15) is 18.4 Å². The van der Waals surface area contributed by atoms with Gasteiger partial charge in [-0.05, 0) is 24.7 Å². The van der Waals surface area contributed by atoms with Gasteiger partial charge in [0.2, 0.25) is 5.09 Å². The summed E-state index contributed by atoms with van der Waals surface area (Å²) in [5.41, 5.74) is 0.649. The van der Waals surface area contributed by atoms with E-state index in [9.17, 15) is 8.42 Å². The van der Waals surface area contributed by atoms with E-state index in [1.807, 2.05) is 6.92 Å². The Kier molecular flexibility index (Phi) is 4.58. The summed E-state index contributed by atoms with van der Waals surface area (Å²) in [7, 11) is -1.87. The molecule has 7 nitrogen and oxygen atoms in total. The van der Waals surface area contributed by atoms with Crippen LogP contribution in [-0.4, -0.2) is 24.7 Å². The van der Waals surface area contributed by atoms with Gasteiger partial charge >= 0.3 is 0 Å². The smallest absolute Gasteiger partial charge is 0.274 e. The molecule has 0 saturated heterocycles. The van der Waals surface area contributed by atoms with Crippen LogP contribution in [0, 0.1) is 0 Å². The summed E-state index contributed by atoms with van der Waals surface area (Å²) in [6, 6.07) is 4.85. The molecule has 2 heterocycles. The largest absolute Gasteiger partial charge is 0.447 e. The average Bonchev–Trinajstić information content (AvgIpc) is 3.03. The highest BCUT2D eigenvalue weighted by molar-refractivity contribution is 7.89. The Labute approximate surface area is 118 Å². The molecule has 0 aliphatic carbocycles. The first-order chi connectivity index (χ1) is 9.51. The zero-order chi connectivity index (χ0) is 14.6. The second kappa shape index (κ2) is 6.21. The number of aromatic nitrogens is 2. The lowest BCUT2D eigenvalue weighted by molar-refractivity contribution is 0.401. The van der Waals surface area contributed by atoms with Gasteiger partial charge in [-0.3, -0.25) is 4.68 Å². The van der Waals surface area contributed by atoms with Crippen molar-refractivity contribution < 1.29 is 12.8 Å². The number of aryl methyl sites for hydroxylation is 1. The van der Waals surface area contributed by atoms with Crippen molar-refractivity contribution in [3.63, 3.8) is 0 Å². The Morgan fingerprint density at radius 3 is 2.75 bits per heavy atom. The van der Waals surface area contributed by atoms with Crippen LogP contribution in [0.5, 0.6) is 0 Å². The molecule has 8 heteroatoms. The van der Waals surface area contributed by atoms with Crippen molar-refractivity contribution >= 4 is 10.0 Å². The van der Waals surface area contributed by atoms with Gasteiger partial charge in [-0.2, -0.15) is 5.10 Å². The highest BCUT2D eigenvalue weighted by Crippen LogP contribution is 2.14. The second-order valence-corrected chi connectivity index (χ2v) is 6.00. The van der Waals surface area contributed by atoms with Crippen molar-refractivity contribution in [3.05, 3.63) is 35.9 Å². The number of nitrogens with one attached hydrogen (secondary N) is 2. The maximum Gasteiger partial charge on any atom is 0.274 e. The summed E-state index contributed by atoms with van der Waals surface area (Å²) in [6.07, 6.45) is 1.76. The summed E-state index contributed by atoms with van der Waals surface area (Å²) in [5, 5.41) is 7.09. The molecular formula is C12H18N4O3S. The molecule has 110 valence electrons. The number of rotatable bonds is 7. The molecule has 2 aromatic rings. The normalized spacial score (nSPS) is 11.9. The number of hydrogen-bond donors (Lipinski definition) is 2. The molecule has 0 aliphatic rings. The van der Waals surface area contributed by atoms with Crippen molar-refractivity contribution in [1.82, 2.24) is 19.8 Å². The predicted molar refractivity (Wildman–Crippen MR) is 73.3 cm³/mol. The summed E-state index contributed by atoms with van der Waals surface area (Å²) in [4.78, 5) is 0. The van der Waals surface area contributed by atoms with Crippen LogP contribution in [0.2, 0.25) is 0 Å². The fourth-order valence-corrected chi connectivity index (χ4v) is 2.59. The van der Waals surface area contributed by atoms with Crippen molar-refractivity contribution in [2.24, 2.45) is 7.05 Å². The van der Waals surface area contributed by atoms with Crippen LogP contribution >= 0.6 is 0 Å². The van der Waals surface area contributed by atoms with Crippen molar-refractivity contribution in [1.29, 1.82) is 0 Å². The first kappa shape index (κ1) is 14.8. The molecule has 2 N–H and O–H groups in total. The zero-order valence-corrected chi connectivity index (χ0v) is 12.3. The average molecular weight is 298 g/mol. The lowest BCUT2D eigenvalue weighted by Crippen LogP contribution is -2.23. The lowest BCUT2D eigenvalue weighted by atomic mass is 10.4. The van der Waals surface area contributed by atoms with Gasteiger partial charge in [-0.1, -0.05) is 6.92 Å². The maximum atomic E-state index is 12.0. The molecule has 2 aromatic heterocycles. The van der Waals surface area contributed by atoms with Gasteiger partial charge in [0.25, 0.3) is 10.0 Å². The number of sulfonamides is 1. The first-order valence-electron chi connectivity index (χ1n) is 6.29. The minimum atomic E-state index is -3.65. The molecule has 0 spiro atoms. The van der Waals surface area contributed by atoms with E-state index in [0.717, 1.165) is 6.54 Å². The van der Waals surface area contributed by atoms with E-state index in [1.54, 1.807) is 30.1 Å². The van der Waals surface area contributed by atoms with E-state index in [-0.39, 0.29) is 11.6 Å². The third kappa shape index (κ3) is 3.69. The number of furan rings is 1. The van der Waals surface area contributed by atoms with Crippen LogP contribution in [0.15, 0.2) is 33.9 Å². The summed E-state index contributed by atoms with van der Waals surface area (Å²) in [5.74, 6) is 0.588. The molecule has 0 aliphatic heterocycles. The minimum Gasteiger partial charge on any atom is -0.447 e. The van der Waals surface area contributed by atoms with Gasteiger partial charge in [-0.25, -0.2) is 13.1 Å². The quantitative estimate of drug-likeness (QED) is 0.781. The standard InChI is InChI=1S/C12H18N4O3S/c1-3-13-9-11-4-5-12(19-11)20(17,18)14-8-10-6-7-16(2)15-10/h4-7,13-14H,3,8-9H2,1-2H3. The molecule has 0 aromatic carbocycles. The van der Waals surface area contributed by atoms with Gasteiger partial charge in [-0.15, -0.1) is 0 Å². The number of hydrogen-bond acceptors (Lipinski definition) is 5. The fourth-order valence-electron chi connectivity index (χ4n) is 1.64. The van der Waals surface area contributed by atoms with Crippen LogP contribution < -0.4 is 10.0 Å². The second-order valence-electron chi connectivity index (χ2n) is 4.31. The predicted octanol–water partition coefficient (Wildman–Crippen LogP) is 0.601. The SMILES string of the molecule is CCNCc1ccc(S(=O)(=O)NCc2ccn(C)n2)o1. The summed E-state index contributed by atoms with van der Waals surface area (Å²) >= 11 is 0. The Bertz CT molecular complexity index is 660. The molecule has 0 saturated carbocycles. The van der Waals surface area contributed by atoms with Crippen molar-refractivity contribution in [3.8, 4) is 0 Å². The third-order valence-corrected chi connectivity index (χ3v) is 3.94. The number of nitrogens with zero attached hydrogens (tertiary/aromatic N) is 2. The zero-order valence-electron chi connectivity index (χ0n) is 11.5. The van der Waals surface area contributed by atoms with Crippen LogP contribution in [0.25, 0.3) is 0 Å². The lowest BCUT2D eigenvalue weighted by Gasteiger charge is -2.02. The molecular weight excluding hydrogens is 280 g/mol. The Morgan fingerprint density at radius 1 is 1.30 bits per heavy atom. The Morgan fingerprint density at radius 2 is 2.10 bits per heavy atom. The highest BCUT2D eigenvalue weighted by Gasteiger charge is 2.18. The van der Waals surface area contributed by atoms with E-state index in [0.29, 0.717) is 18.0 Å². The maximum absolute atomic E-state index is 12.0. The Hall–Kier alpha value is -1.64. The van der Waals surface area contributed by atoms with Crippen molar-refractivity contribution in [2.75, 3.05) is 6.54 Å². The van der Waals surface area contributed by atoms with Gasteiger partial charge in [0.05, 0.1) is 18.8 Å². The minimum absolute atomic E-state index is 0.0821. The molecule has 0 unspecified atom stereocenters. The van der Waals surface area contributed by atoms with Crippen LogP contribution in [-0.2, 0) is 30.2 Å². The Balaban J connectivity index is 2.00.